The Kier molecular flexibility index (Phi) is 5.45. The normalized spacial score (nSPS) is 10.6. The number of benzene rings is 1. The molecule has 0 spiro atoms. The second-order valence-corrected chi connectivity index (χ2v) is 6.73. The van der Waals surface area contributed by atoms with E-state index in [1.54, 1.807) is 22.5 Å². The first-order chi connectivity index (χ1) is 12.1. The van der Waals surface area contributed by atoms with Crippen LogP contribution in [0.3, 0.4) is 0 Å². The number of nitrogens with one attached hydrogen (secondary N) is 1. The Morgan fingerprint density at radius 1 is 1.16 bits per heavy atom. The van der Waals surface area contributed by atoms with Crippen molar-refractivity contribution >= 4 is 23.5 Å². The Morgan fingerprint density at radius 3 is 2.68 bits per heavy atom. The fraction of sp³-hybridized carbons (Fsp3) is 0.222. The van der Waals surface area contributed by atoms with E-state index in [0.717, 1.165) is 16.3 Å². The van der Waals surface area contributed by atoms with Crippen LogP contribution in [0.4, 0.5) is 5.82 Å². The third-order valence-corrected chi connectivity index (χ3v) is 4.50. The Balaban J connectivity index is 1.58. The monoisotopic (exact) mass is 353 g/mol. The molecule has 0 aliphatic heterocycles. The van der Waals surface area contributed by atoms with E-state index in [2.05, 4.69) is 20.4 Å². The van der Waals surface area contributed by atoms with E-state index in [1.807, 2.05) is 50.2 Å². The largest absolute Gasteiger partial charge is 0.311 e. The molecule has 0 radical (unpaired) electrons. The number of amides is 1. The van der Waals surface area contributed by atoms with Crippen LogP contribution in [0.5, 0.6) is 0 Å². The third kappa shape index (κ3) is 4.67. The number of thioether (sulfide) groups is 1. The second-order valence-electron chi connectivity index (χ2n) is 5.56. The highest BCUT2D eigenvalue weighted by molar-refractivity contribution is 7.99. The van der Waals surface area contributed by atoms with Gasteiger partial charge in [0.15, 0.2) is 5.82 Å². The van der Waals surface area contributed by atoms with Crippen LogP contribution in [-0.4, -0.2) is 31.4 Å². The highest BCUT2D eigenvalue weighted by Crippen LogP contribution is 2.18. The summed E-state index contributed by atoms with van der Waals surface area (Å²) in [6.07, 6.45) is 1.85. The first kappa shape index (κ1) is 17.2. The first-order valence-corrected chi connectivity index (χ1v) is 8.94. The zero-order valence-electron chi connectivity index (χ0n) is 14.1. The molecule has 2 heterocycles. The summed E-state index contributed by atoms with van der Waals surface area (Å²) in [5.41, 5.74) is 1.90. The molecule has 25 heavy (non-hydrogen) atoms. The van der Waals surface area contributed by atoms with E-state index in [1.165, 1.54) is 6.33 Å². The molecule has 2 aromatic heterocycles. The van der Waals surface area contributed by atoms with Crippen LogP contribution < -0.4 is 5.32 Å². The van der Waals surface area contributed by atoms with E-state index in [4.69, 9.17) is 0 Å². The van der Waals surface area contributed by atoms with Crippen LogP contribution in [-0.2, 0) is 4.79 Å². The minimum atomic E-state index is -0.0681. The summed E-state index contributed by atoms with van der Waals surface area (Å²) in [7, 11) is 0. The number of carbonyl (C=O) groups is 1. The van der Waals surface area contributed by atoms with Gasteiger partial charge in [-0.2, -0.15) is 5.10 Å². The summed E-state index contributed by atoms with van der Waals surface area (Å²) in [5.74, 6) is 1.76. The molecule has 1 N–H and O–H groups in total. The van der Waals surface area contributed by atoms with E-state index in [9.17, 15) is 4.79 Å². The van der Waals surface area contributed by atoms with Crippen molar-refractivity contribution in [2.75, 3.05) is 11.1 Å². The maximum atomic E-state index is 12.1. The molecule has 0 fully saturated rings. The molecule has 0 atom stereocenters. The predicted octanol–water partition coefficient (Wildman–Crippen LogP) is 3.40. The summed E-state index contributed by atoms with van der Waals surface area (Å²) in [6, 6.07) is 13.7. The van der Waals surface area contributed by atoms with Crippen molar-refractivity contribution in [1.82, 2.24) is 19.7 Å². The third-order valence-electron chi connectivity index (χ3n) is 3.49. The first-order valence-electron chi connectivity index (χ1n) is 7.95. The zero-order valence-corrected chi connectivity index (χ0v) is 15.0. The average Bonchev–Trinajstić information content (AvgIpc) is 2.94. The molecule has 0 bridgehead atoms. The summed E-state index contributed by atoms with van der Waals surface area (Å²) < 4.78 is 1.73. The van der Waals surface area contributed by atoms with Crippen molar-refractivity contribution in [2.24, 2.45) is 0 Å². The van der Waals surface area contributed by atoms with Gasteiger partial charge in [0.1, 0.15) is 12.1 Å². The van der Waals surface area contributed by atoms with Gasteiger partial charge in [0, 0.05) is 28.8 Å². The lowest BCUT2D eigenvalue weighted by atomic mass is 10.4. The van der Waals surface area contributed by atoms with Gasteiger partial charge in [-0.25, -0.2) is 14.6 Å². The molecule has 0 saturated carbocycles. The molecule has 3 aromatic rings. The predicted molar refractivity (Wildman–Crippen MR) is 99.0 cm³/mol. The van der Waals surface area contributed by atoms with Gasteiger partial charge in [-0.05, 0) is 32.0 Å². The van der Waals surface area contributed by atoms with Gasteiger partial charge in [-0.15, -0.1) is 11.8 Å². The molecule has 1 aromatic carbocycles. The number of aromatic nitrogens is 4. The molecule has 1 amide bonds. The van der Waals surface area contributed by atoms with Crippen molar-refractivity contribution in [2.45, 2.75) is 25.2 Å². The van der Waals surface area contributed by atoms with Crippen LogP contribution >= 0.6 is 11.8 Å². The van der Waals surface area contributed by atoms with Gasteiger partial charge >= 0.3 is 0 Å². The number of aryl methyl sites for hydroxylation is 2. The van der Waals surface area contributed by atoms with Crippen molar-refractivity contribution in [3.8, 4) is 5.82 Å². The molecule has 128 valence electrons. The summed E-state index contributed by atoms with van der Waals surface area (Å²) in [5, 5.41) is 7.21. The van der Waals surface area contributed by atoms with E-state index >= 15 is 0 Å². The van der Waals surface area contributed by atoms with Gasteiger partial charge < -0.3 is 5.32 Å². The highest BCUT2D eigenvalue weighted by Gasteiger charge is 2.09. The lowest BCUT2D eigenvalue weighted by Crippen LogP contribution is -2.14. The molecule has 6 nitrogen and oxygen atoms in total. The maximum absolute atomic E-state index is 12.1. The Bertz CT molecular complexity index is 863. The average molecular weight is 353 g/mol. The number of hydrogen-bond acceptors (Lipinski definition) is 5. The van der Waals surface area contributed by atoms with E-state index in [-0.39, 0.29) is 5.91 Å². The number of carbonyl (C=O) groups excluding carboxylic acids is 1. The molecule has 0 saturated heterocycles. The smallest absolute Gasteiger partial charge is 0.226 e. The molecule has 3 rings (SSSR count). The molecule has 0 aliphatic rings. The zero-order chi connectivity index (χ0) is 17.6. The molecular formula is C18H19N5OS. The van der Waals surface area contributed by atoms with Gasteiger partial charge in [0.25, 0.3) is 0 Å². The van der Waals surface area contributed by atoms with Gasteiger partial charge in [0.2, 0.25) is 5.91 Å². The molecular weight excluding hydrogens is 334 g/mol. The van der Waals surface area contributed by atoms with Gasteiger partial charge in [-0.3, -0.25) is 4.79 Å². The standard InChI is InChI=1S/C18H19N5OS/c1-13-10-14(2)23(22-13)17-11-16(19-12-20-17)21-18(24)8-9-25-15-6-4-3-5-7-15/h3-7,10-12H,8-9H2,1-2H3,(H,19,20,21,24). The maximum Gasteiger partial charge on any atom is 0.226 e. The van der Waals surface area contributed by atoms with Crippen molar-refractivity contribution in [1.29, 1.82) is 0 Å². The van der Waals surface area contributed by atoms with Crippen LogP contribution in [0, 0.1) is 13.8 Å². The van der Waals surface area contributed by atoms with Crippen LogP contribution in [0.1, 0.15) is 17.8 Å². The van der Waals surface area contributed by atoms with Crippen molar-refractivity contribution < 1.29 is 4.79 Å². The van der Waals surface area contributed by atoms with Gasteiger partial charge in [-0.1, -0.05) is 18.2 Å². The molecule has 0 aliphatic carbocycles. The van der Waals surface area contributed by atoms with E-state index < -0.39 is 0 Å². The Morgan fingerprint density at radius 2 is 1.96 bits per heavy atom. The Labute approximate surface area is 150 Å². The lowest BCUT2D eigenvalue weighted by Gasteiger charge is -2.07. The quantitative estimate of drug-likeness (QED) is 0.688. The van der Waals surface area contributed by atoms with Crippen molar-refractivity contribution in [3.63, 3.8) is 0 Å². The minimum absolute atomic E-state index is 0.0681. The fourth-order valence-corrected chi connectivity index (χ4v) is 3.25. The molecule has 7 heteroatoms. The topological polar surface area (TPSA) is 72.7 Å². The lowest BCUT2D eigenvalue weighted by molar-refractivity contribution is -0.115. The highest BCUT2D eigenvalue weighted by atomic mass is 32.2. The minimum Gasteiger partial charge on any atom is -0.311 e. The Hall–Kier alpha value is -2.67. The number of rotatable bonds is 6. The molecule has 0 unspecified atom stereocenters. The van der Waals surface area contributed by atoms with Crippen LogP contribution in [0.2, 0.25) is 0 Å². The number of hydrogen-bond donors (Lipinski definition) is 1. The number of anilines is 1. The SMILES string of the molecule is Cc1cc(C)n(-c2cc(NC(=O)CCSc3ccccc3)ncn2)n1. The van der Waals surface area contributed by atoms with E-state index in [0.29, 0.717) is 23.8 Å². The second kappa shape index (κ2) is 7.94. The van der Waals surface area contributed by atoms with Crippen LogP contribution in [0.25, 0.3) is 5.82 Å². The summed E-state index contributed by atoms with van der Waals surface area (Å²) in [4.78, 5) is 21.6. The van der Waals surface area contributed by atoms with Crippen molar-refractivity contribution in [3.05, 3.63) is 60.2 Å². The fourth-order valence-electron chi connectivity index (χ4n) is 2.38. The summed E-state index contributed by atoms with van der Waals surface area (Å²) in [6.45, 7) is 3.89. The van der Waals surface area contributed by atoms with Gasteiger partial charge in [0.05, 0.1) is 5.69 Å². The van der Waals surface area contributed by atoms with Crippen LogP contribution in [0.15, 0.2) is 53.7 Å². The summed E-state index contributed by atoms with van der Waals surface area (Å²) >= 11 is 1.66. The number of nitrogens with zero attached hydrogens (tertiary/aromatic N) is 4.